The molecule has 0 amide bonds. The van der Waals surface area contributed by atoms with Crippen LogP contribution in [0.5, 0.6) is 23.0 Å². The zero-order chi connectivity index (χ0) is 18.4. The summed E-state index contributed by atoms with van der Waals surface area (Å²) >= 11 is 0. The highest BCUT2D eigenvalue weighted by Gasteiger charge is 2.14. The van der Waals surface area contributed by atoms with Crippen LogP contribution in [0.2, 0.25) is 0 Å². The number of phenolic OH excluding ortho intramolecular Hbond substituents is 2. The van der Waals surface area contributed by atoms with Gasteiger partial charge in [0.15, 0.2) is 23.0 Å². The molecule has 0 aromatic heterocycles. The molecular weight excluding hydrogens is 316 g/mol. The van der Waals surface area contributed by atoms with Gasteiger partial charge in [-0.15, -0.1) is 0 Å². The van der Waals surface area contributed by atoms with Gasteiger partial charge in [-0.1, -0.05) is 26.7 Å². The second-order valence-corrected chi connectivity index (χ2v) is 6.26. The molecule has 0 atom stereocenters. The highest BCUT2D eigenvalue weighted by Crippen LogP contribution is 2.35. The van der Waals surface area contributed by atoms with Crippen molar-refractivity contribution < 1.29 is 19.7 Å². The van der Waals surface area contributed by atoms with E-state index in [0.29, 0.717) is 17.9 Å². The maximum Gasteiger partial charge on any atom is 0.160 e. The van der Waals surface area contributed by atoms with Crippen LogP contribution >= 0.6 is 0 Å². The molecule has 0 heterocycles. The standard InChI is InChI=1S/C21H28O4/c1-5-7-14-10-18(22)20(24-3)12-16(14)9-17-13-21(25-4)19(23)11-15(17)8-6-2/h10-13,22-23H,5-9H2,1-4H3. The van der Waals surface area contributed by atoms with E-state index >= 15 is 0 Å². The van der Waals surface area contributed by atoms with Crippen molar-refractivity contribution in [3.05, 3.63) is 46.5 Å². The van der Waals surface area contributed by atoms with Gasteiger partial charge in [0.2, 0.25) is 0 Å². The lowest BCUT2D eigenvalue weighted by Gasteiger charge is -2.16. The second-order valence-electron chi connectivity index (χ2n) is 6.26. The summed E-state index contributed by atoms with van der Waals surface area (Å²) in [6.07, 6.45) is 4.49. The fourth-order valence-electron chi connectivity index (χ4n) is 3.17. The lowest BCUT2D eigenvalue weighted by molar-refractivity contribution is 0.372. The van der Waals surface area contributed by atoms with Gasteiger partial charge in [-0.3, -0.25) is 0 Å². The van der Waals surface area contributed by atoms with Crippen molar-refractivity contribution in [2.45, 2.75) is 46.0 Å². The first kappa shape index (κ1) is 19.0. The average molecular weight is 344 g/mol. The molecule has 0 aliphatic rings. The summed E-state index contributed by atoms with van der Waals surface area (Å²) in [5.74, 6) is 1.31. The number of benzene rings is 2. The minimum absolute atomic E-state index is 0.173. The number of hydrogen-bond acceptors (Lipinski definition) is 4. The molecule has 0 bridgehead atoms. The Kier molecular flexibility index (Phi) is 6.57. The van der Waals surface area contributed by atoms with E-state index < -0.39 is 0 Å². The number of hydrogen-bond donors (Lipinski definition) is 2. The lowest BCUT2D eigenvalue weighted by Crippen LogP contribution is -2.02. The minimum atomic E-state index is 0.173. The van der Waals surface area contributed by atoms with E-state index in [1.165, 1.54) is 0 Å². The fourth-order valence-corrected chi connectivity index (χ4v) is 3.17. The Morgan fingerprint density at radius 3 is 1.40 bits per heavy atom. The maximum atomic E-state index is 10.1. The fraction of sp³-hybridized carbons (Fsp3) is 0.429. The number of rotatable bonds is 8. The van der Waals surface area contributed by atoms with Gasteiger partial charge in [0, 0.05) is 0 Å². The van der Waals surface area contributed by atoms with Crippen LogP contribution in [0.25, 0.3) is 0 Å². The molecule has 0 saturated carbocycles. The van der Waals surface area contributed by atoms with Crippen molar-refractivity contribution in [1.29, 1.82) is 0 Å². The van der Waals surface area contributed by atoms with Crippen LogP contribution in [0.3, 0.4) is 0 Å². The lowest BCUT2D eigenvalue weighted by atomic mass is 9.92. The molecule has 25 heavy (non-hydrogen) atoms. The van der Waals surface area contributed by atoms with Crippen LogP contribution < -0.4 is 9.47 Å². The van der Waals surface area contributed by atoms with Gasteiger partial charge in [0.1, 0.15) is 0 Å². The molecule has 2 N–H and O–H groups in total. The zero-order valence-electron chi connectivity index (χ0n) is 15.6. The maximum absolute atomic E-state index is 10.1. The summed E-state index contributed by atoms with van der Waals surface area (Å²) < 4.78 is 10.6. The predicted molar refractivity (Wildman–Crippen MR) is 100 cm³/mol. The molecule has 0 aliphatic heterocycles. The summed E-state index contributed by atoms with van der Waals surface area (Å²) in [6, 6.07) is 7.42. The van der Waals surface area contributed by atoms with E-state index in [1.807, 2.05) is 12.1 Å². The zero-order valence-corrected chi connectivity index (χ0v) is 15.6. The number of phenols is 2. The molecular formula is C21H28O4. The van der Waals surface area contributed by atoms with Gasteiger partial charge in [-0.25, -0.2) is 0 Å². The Bertz CT molecular complexity index is 661. The Labute approximate surface area is 150 Å². The molecule has 2 rings (SSSR count). The van der Waals surface area contributed by atoms with E-state index in [0.717, 1.165) is 47.9 Å². The van der Waals surface area contributed by atoms with Crippen LogP contribution in [-0.4, -0.2) is 24.4 Å². The van der Waals surface area contributed by atoms with Crippen LogP contribution in [0.4, 0.5) is 0 Å². The largest absolute Gasteiger partial charge is 0.504 e. The summed E-state index contributed by atoms with van der Waals surface area (Å²) in [4.78, 5) is 0. The van der Waals surface area contributed by atoms with Crippen molar-refractivity contribution in [2.75, 3.05) is 14.2 Å². The Hall–Kier alpha value is -2.36. The minimum Gasteiger partial charge on any atom is -0.504 e. The van der Waals surface area contributed by atoms with Crippen LogP contribution in [0, 0.1) is 0 Å². The highest BCUT2D eigenvalue weighted by molar-refractivity contribution is 5.51. The monoisotopic (exact) mass is 344 g/mol. The third-order valence-electron chi connectivity index (χ3n) is 4.42. The summed E-state index contributed by atoms with van der Waals surface area (Å²) in [6.45, 7) is 4.24. The van der Waals surface area contributed by atoms with Gasteiger partial charge >= 0.3 is 0 Å². The third kappa shape index (κ3) is 4.38. The smallest absolute Gasteiger partial charge is 0.160 e. The average Bonchev–Trinajstić information content (AvgIpc) is 2.59. The number of ether oxygens (including phenoxy) is 2. The topological polar surface area (TPSA) is 58.9 Å². The van der Waals surface area contributed by atoms with Crippen LogP contribution in [0.15, 0.2) is 24.3 Å². The SMILES string of the molecule is CCCc1cc(O)c(OC)cc1Cc1cc(OC)c(O)cc1CCC. The Morgan fingerprint density at radius 1 is 0.680 bits per heavy atom. The molecule has 0 saturated heterocycles. The highest BCUT2D eigenvalue weighted by atomic mass is 16.5. The number of aromatic hydroxyl groups is 2. The van der Waals surface area contributed by atoms with E-state index in [-0.39, 0.29) is 11.5 Å². The van der Waals surface area contributed by atoms with Crippen molar-refractivity contribution in [1.82, 2.24) is 0 Å². The van der Waals surface area contributed by atoms with Gasteiger partial charge in [-0.05, 0) is 65.8 Å². The first-order chi connectivity index (χ1) is 12.0. The second kappa shape index (κ2) is 8.65. The number of methoxy groups -OCH3 is 2. The van der Waals surface area contributed by atoms with E-state index in [2.05, 4.69) is 13.8 Å². The normalized spacial score (nSPS) is 10.7. The molecule has 0 fully saturated rings. The van der Waals surface area contributed by atoms with Crippen molar-refractivity contribution in [3.63, 3.8) is 0 Å². The van der Waals surface area contributed by atoms with Crippen LogP contribution in [0.1, 0.15) is 48.9 Å². The predicted octanol–water partition coefficient (Wildman–Crippen LogP) is 4.61. The molecule has 0 spiro atoms. The van der Waals surface area contributed by atoms with E-state index in [1.54, 1.807) is 26.4 Å². The van der Waals surface area contributed by atoms with Crippen molar-refractivity contribution in [2.24, 2.45) is 0 Å². The van der Waals surface area contributed by atoms with Crippen LogP contribution in [-0.2, 0) is 19.3 Å². The molecule has 0 radical (unpaired) electrons. The first-order valence-corrected chi connectivity index (χ1v) is 8.81. The first-order valence-electron chi connectivity index (χ1n) is 8.81. The molecule has 0 aliphatic carbocycles. The molecule has 2 aromatic rings. The molecule has 4 nitrogen and oxygen atoms in total. The third-order valence-corrected chi connectivity index (χ3v) is 4.42. The number of aryl methyl sites for hydroxylation is 2. The molecule has 136 valence electrons. The van der Waals surface area contributed by atoms with Gasteiger partial charge in [-0.2, -0.15) is 0 Å². The van der Waals surface area contributed by atoms with Gasteiger partial charge < -0.3 is 19.7 Å². The Balaban J connectivity index is 2.50. The Morgan fingerprint density at radius 2 is 1.08 bits per heavy atom. The van der Waals surface area contributed by atoms with Gasteiger partial charge in [0.05, 0.1) is 14.2 Å². The van der Waals surface area contributed by atoms with E-state index in [4.69, 9.17) is 9.47 Å². The van der Waals surface area contributed by atoms with Gasteiger partial charge in [0.25, 0.3) is 0 Å². The molecule has 4 heteroatoms. The van der Waals surface area contributed by atoms with Crippen molar-refractivity contribution in [3.8, 4) is 23.0 Å². The van der Waals surface area contributed by atoms with Crippen molar-refractivity contribution >= 4 is 0 Å². The molecule has 2 aromatic carbocycles. The molecule has 0 unspecified atom stereocenters. The summed E-state index contributed by atoms with van der Waals surface area (Å²) in [5.41, 5.74) is 4.49. The summed E-state index contributed by atoms with van der Waals surface area (Å²) in [7, 11) is 3.12. The summed E-state index contributed by atoms with van der Waals surface area (Å²) in [5, 5.41) is 20.2. The quantitative estimate of drug-likeness (QED) is 0.734. The van der Waals surface area contributed by atoms with E-state index in [9.17, 15) is 10.2 Å².